The van der Waals surface area contributed by atoms with Gasteiger partial charge in [-0.2, -0.15) is 20.1 Å². The molecular weight excluding hydrogens is 302 g/mol. The Labute approximate surface area is 121 Å². The maximum atomic E-state index is 11.2. The van der Waals surface area contributed by atoms with E-state index in [1.807, 2.05) is 0 Å². The van der Waals surface area contributed by atoms with Crippen molar-refractivity contribution in [3.63, 3.8) is 0 Å². The van der Waals surface area contributed by atoms with Crippen LogP contribution in [0.3, 0.4) is 0 Å². The summed E-state index contributed by atoms with van der Waals surface area (Å²) in [5, 5.41) is 4.72. The lowest BCUT2D eigenvalue weighted by Gasteiger charge is -2.03. The normalized spacial score (nSPS) is 10.7. The molecule has 3 aromatic rings. The molecule has 0 aliphatic rings. The van der Waals surface area contributed by atoms with Gasteiger partial charge < -0.3 is 4.98 Å². The fraction of sp³-hybridized carbons (Fsp3) is 0. The number of halogens is 1. The number of H-pyrrole nitrogens is 1. The predicted octanol–water partition coefficient (Wildman–Crippen LogP) is 0.945. The first-order valence-electron chi connectivity index (χ1n) is 5.35. The number of hydrogen-bond acceptors (Lipinski definition) is 7. The molecule has 0 amide bonds. The highest BCUT2D eigenvalue weighted by atomic mass is 35.5. The molecule has 10 heteroatoms. The maximum Gasteiger partial charge on any atom is 0.255 e. The number of nitrogens with one attached hydrogen (secondary N) is 1. The molecule has 0 saturated heterocycles. The quantitative estimate of drug-likeness (QED) is 0.718. The number of aromatic nitrogens is 7. The van der Waals surface area contributed by atoms with Crippen molar-refractivity contribution in [3.8, 4) is 5.95 Å². The Morgan fingerprint density at radius 3 is 2.90 bits per heavy atom. The second-order valence-electron chi connectivity index (χ2n) is 3.48. The van der Waals surface area contributed by atoms with Gasteiger partial charge in [-0.25, -0.2) is 9.67 Å². The minimum Gasteiger partial charge on any atom is -0.301 e. The maximum absolute atomic E-state index is 11.2. The predicted molar refractivity (Wildman–Crippen MR) is 70.9 cm³/mol. The second kappa shape index (κ2) is 5.39. The van der Waals surface area contributed by atoms with Crippen LogP contribution in [0.4, 0.5) is 0 Å². The largest absolute Gasteiger partial charge is 0.301 e. The van der Waals surface area contributed by atoms with Crippen LogP contribution in [-0.2, 0) is 0 Å². The monoisotopic (exact) mass is 307 g/mol. The first-order valence-corrected chi connectivity index (χ1v) is 6.55. The van der Waals surface area contributed by atoms with Crippen LogP contribution in [0.5, 0.6) is 0 Å². The number of nitrogens with zero attached hydrogens (tertiary/aromatic N) is 6. The minimum absolute atomic E-state index is 0.0336. The van der Waals surface area contributed by atoms with Gasteiger partial charge in [-0.05, 0) is 29.4 Å². The molecular formula is C10H6ClN7OS. The van der Waals surface area contributed by atoms with Gasteiger partial charge in [0.05, 0.1) is 0 Å². The summed E-state index contributed by atoms with van der Waals surface area (Å²) in [6.45, 7) is 0. The lowest BCUT2D eigenvalue weighted by Crippen LogP contribution is -2.07. The zero-order valence-electron chi connectivity index (χ0n) is 9.76. The molecule has 0 spiro atoms. The van der Waals surface area contributed by atoms with Crippen molar-refractivity contribution in [1.82, 2.24) is 34.7 Å². The summed E-state index contributed by atoms with van der Waals surface area (Å²) < 4.78 is 1.46. The average molecular weight is 308 g/mol. The SMILES string of the molecule is O=c1ccnc(Sc2nc(Cl)nc(-n3cccn3)n2)[nH]1. The van der Waals surface area contributed by atoms with Crippen molar-refractivity contribution in [2.75, 3.05) is 0 Å². The molecule has 0 radical (unpaired) electrons. The van der Waals surface area contributed by atoms with Crippen molar-refractivity contribution in [3.05, 3.63) is 46.4 Å². The molecule has 20 heavy (non-hydrogen) atoms. The molecule has 3 aromatic heterocycles. The van der Waals surface area contributed by atoms with Crippen LogP contribution in [0, 0.1) is 0 Å². The van der Waals surface area contributed by atoms with Crippen LogP contribution in [-0.4, -0.2) is 34.7 Å². The second-order valence-corrected chi connectivity index (χ2v) is 4.77. The Kier molecular flexibility index (Phi) is 3.44. The van der Waals surface area contributed by atoms with E-state index in [2.05, 4.69) is 30.0 Å². The van der Waals surface area contributed by atoms with Gasteiger partial charge in [-0.1, -0.05) is 0 Å². The lowest BCUT2D eigenvalue weighted by molar-refractivity contribution is 0.757. The van der Waals surface area contributed by atoms with Gasteiger partial charge in [0.2, 0.25) is 10.4 Å². The molecule has 3 rings (SSSR count). The first-order chi connectivity index (χ1) is 9.70. The minimum atomic E-state index is -0.255. The summed E-state index contributed by atoms with van der Waals surface area (Å²) in [6, 6.07) is 3.06. The molecule has 0 atom stereocenters. The van der Waals surface area contributed by atoms with Gasteiger partial charge in [-0.15, -0.1) is 0 Å². The summed E-state index contributed by atoms with van der Waals surface area (Å²) in [5.41, 5.74) is -0.255. The van der Waals surface area contributed by atoms with E-state index < -0.39 is 0 Å². The highest BCUT2D eigenvalue weighted by Gasteiger charge is 2.09. The first kappa shape index (κ1) is 12.8. The number of aromatic amines is 1. The van der Waals surface area contributed by atoms with E-state index in [-0.39, 0.29) is 16.8 Å². The van der Waals surface area contributed by atoms with E-state index >= 15 is 0 Å². The Morgan fingerprint density at radius 2 is 2.15 bits per heavy atom. The molecule has 0 aliphatic carbocycles. The molecule has 1 N–H and O–H groups in total. The molecule has 8 nitrogen and oxygen atoms in total. The van der Waals surface area contributed by atoms with E-state index in [1.54, 1.807) is 18.5 Å². The van der Waals surface area contributed by atoms with Gasteiger partial charge in [0.15, 0.2) is 5.16 Å². The Hall–Kier alpha value is -2.26. The van der Waals surface area contributed by atoms with Crippen LogP contribution >= 0.6 is 23.4 Å². The Bertz CT molecular complexity index is 788. The zero-order valence-corrected chi connectivity index (χ0v) is 11.3. The summed E-state index contributed by atoms with van der Waals surface area (Å²) >= 11 is 6.93. The summed E-state index contributed by atoms with van der Waals surface area (Å²) in [4.78, 5) is 29.9. The van der Waals surface area contributed by atoms with Gasteiger partial charge in [0.1, 0.15) is 0 Å². The van der Waals surface area contributed by atoms with Crippen molar-refractivity contribution in [2.24, 2.45) is 0 Å². The fourth-order valence-corrected chi connectivity index (χ4v) is 2.25. The summed E-state index contributed by atoms with van der Waals surface area (Å²) in [5.74, 6) is 0.288. The van der Waals surface area contributed by atoms with Gasteiger partial charge in [-0.3, -0.25) is 4.79 Å². The van der Waals surface area contributed by atoms with Crippen molar-refractivity contribution < 1.29 is 0 Å². The lowest BCUT2D eigenvalue weighted by atomic mass is 10.7. The highest BCUT2D eigenvalue weighted by Crippen LogP contribution is 2.21. The smallest absolute Gasteiger partial charge is 0.255 e. The number of rotatable bonds is 3. The fourth-order valence-electron chi connectivity index (χ4n) is 1.35. The number of hydrogen-bond donors (Lipinski definition) is 1. The molecule has 0 aromatic carbocycles. The third-order valence-electron chi connectivity index (χ3n) is 2.12. The van der Waals surface area contributed by atoms with E-state index in [4.69, 9.17) is 11.6 Å². The van der Waals surface area contributed by atoms with Gasteiger partial charge in [0.25, 0.3) is 11.5 Å². The van der Waals surface area contributed by atoms with Crippen LogP contribution < -0.4 is 5.56 Å². The summed E-state index contributed by atoms with van der Waals surface area (Å²) in [7, 11) is 0. The molecule has 3 heterocycles. The van der Waals surface area contributed by atoms with E-state index in [9.17, 15) is 4.79 Å². The van der Waals surface area contributed by atoms with Crippen molar-refractivity contribution in [1.29, 1.82) is 0 Å². The molecule has 0 fully saturated rings. The average Bonchev–Trinajstić information content (AvgIpc) is 2.91. The zero-order chi connectivity index (χ0) is 13.9. The highest BCUT2D eigenvalue weighted by molar-refractivity contribution is 7.99. The van der Waals surface area contributed by atoms with Crippen molar-refractivity contribution in [2.45, 2.75) is 10.3 Å². The van der Waals surface area contributed by atoms with E-state index in [0.29, 0.717) is 10.3 Å². The Balaban J connectivity index is 1.96. The molecule has 0 unspecified atom stereocenters. The Morgan fingerprint density at radius 1 is 1.25 bits per heavy atom. The third kappa shape index (κ3) is 2.83. The van der Waals surface area contributed by atoms with E-state index in [1.165, 1.54) is 16.9 Å². The van der Waals surface area contributed by atoms with Gasteiger partial charge >= 0.3 is 0 Å². The van der Waals surface area contributed by atoms with Crippen LogP contribution in [0.15, 0.2) is 45.8 Å². The molecule has 100 valence electrons. The van der Waals surface area contributed by atoms with Crippen LogP contribution in [0.1, 0.15) is 0 Å². The van der Waals surface area contributed by atoms with Gasteiger partial charge in [0, 0.05) is 24.7 Å². The topological polar surface area (TPSA) is 102 Å². The molecule has 0 aliphatic heterocycles. The van der Waals surface area contributed by atoms with Crippen molar-refractivity contribution >= 4 is 23.4 Å². The summed E-state index contributed by atoms with van der Waals surface area (Å²) in [6.07, 6.45) is 4.68. The standard InChI is InChI=1S/C10H6ClN7OS/c11-7-15-8(18-5-1-3-13-18)17-10(16-7)20-9-12-4-2-6(19)14-9/h1-5H,(H,12,14,19). The van der Waals surface area contributed by atoms with Crippen LogP contribution in [0.25, 0.3) is 5.95 Å². The van der Waals surface area contributed by atoms with Crippen LogP contribution in [0.2, 0.25) is 5.28 Å². The third-order valence-corrected chi connectivity index (χ3v) is 3.06. The molecule has 0 bridgehead atoms. The van der Waals surface area contributed by atoms with E-state index in [0.717, 1.165) is 11.8 Å². The molecule has 0 saturated carbocycles.